The molecule has 0 saturated carbocycles. The Hall–Kier alpha value is -1.35. The molecule has 96 valence electrons. The van der Waals surface area contributed by atoms with Crippen molar-refractivity contribution in [2.24, 2.45) is 4.99 Å². The van der Waals surface area contributed by atoms with E-state index in [9.17, 15) is 0 Å². The highest BCUT2D eigenvalue weighted by molar-refractivity contribution is 5.99. The van der Waals surface area contributed by atoms with E-state index in [4.69, 9.17) is 0 Å². The van der Waals surface area contributed by atoms with Gasteiger partial charge < -0.3 is 5.32 Å². The van der Waals surface area contributed by atoms with Crippen LogP contribution >= 0.6 is 0 Å². The number of aliphatic imine (C=N–C) groups is 1. The zero-order valence-electron chi connectivity index (χ0n) is 10.9. The Balaban J connectivity index is 1.66. The second-order valence-electron chi connectivity index (χ2n) is 5.19. The largest absolute Gasteiger partial charge is 0.370 e. The Bertz CT molecular complexity index is 416. The average Bonchev–Trinajstić information content (AvgIpc) is 2.94. The van der Waals surface area contributed by atoms with Gasteiger partial charge in [0.25, 0.3) is 0 Å². The lowest BCUT2D eigenvalue weighted by Gasteiger charge is -2.16. The summed E-state index contributed by atoms with van der Waals surface area (Å²) in [5.74, 6) is 1.06. The third kappa shape index (κ3) is 2.72. The van der Waals surface area contributed by atoms with Crippen LogP contribution in [-0.4, -0.2) is 36.9 Å². The number of nitrogens with one attached hydrogen (secondary N) is 1. The summed E-state index contributed by atoms with van der Waals surface area (Å²) < 4.78 is 0. The number of hydrogen-bond acceptors (Lipinski definition) is 3. The Morgan fingerprint density at radius 2 is 1.83 bits per heavy atom. The maximum absolute atomic E-state index is 4.53. The van der Waals surface area contributed by atoms with Crippen molar-refractivity contribution in [1.29, 1.82) is 0 Å². The van der Waals surface area contributed by atoms with Crippen molar-refractivity contribution < 1.29 is 0 Å². The van der Waals surface area contributed by atoms with Gasteiger partial charge in [-0.15, -0.1) is 0 Å². The van der Waals surface area contributed by atoms with Gasteiger partial charge in [0.1, 0.15) is 5.84 Å². The normalized spacial score (nSPS) is 20.6. The highest BCUT2D eigenvalue weighted by Crippen LogP contribution is 2.13. The highest BCUT2D eigenvalue weighted by atomic mass is 15.1. The fourth-order valence-corrected chi connectivity index (χ4v) is 2.69. The molecule has 0 spiro atoms. The molecule has 0 unspecified atom stereocenters. The van der Waals surface area contributed by atoms with Crippen LogP contribution in [0.25, 0.3) is 0 Å². The first-order chi connectivity index (χ1) is 8.92. The molecule has 1 saturated heterocycles. The van der Waals surface area contributed by atoms with Crippen molar-refractivity contribution in [3.63, 3.8) is 0 Å². The third-order valence-corrected chi connectivity index (χ3v) is 3.73. The van der Waals surface area contributed by atoms with E-state index in [0.29, 0.717) is 0 Å². The molecule has 2 heterocycles. The molecule has 1 aromatic carbocycles. The minimum atomic E-state index is 0.956. The van der Waals surface area contributed by atoms with Crippen LogP contribution in [0.1, 0.15) is 30.4 Å². The summed E-state index contributed by atoms with van der Waals surface area (Å²) in [6.45, 7) is 5.62. The van der Waals surface area contributed by atoms with Gasteiger partial charge in [0.05, 0.1) is 0 Å². The molecular weight excluding hydrogens is 222 g/mol. The molecule has 0 amide bonds. The number of amidine groups is 1. The van der Waals surface area contributed by atoms with Crippen LogP contribution < -0.4 is 5.32 Å². The van der Waals surface area contributed by atoms with Crippen molar-refractivity contribution >= 4 is 5.84 Å². The molecule has 3 nitrogen and oxygen atoms in total. The van der Waals surface area contributed by atoms with E-state index in [-0.39, 0.29) is 0 Å². The van der Waals surface area contributed by atoms with Gasteiger partial charge in [-0.3, -0.25) is 9.89 Å². The number of benzene rings is 1. The van der Waals surface area contributed by atoms with E-state index in [2.05, 4.69) is 39.5 Å². The number of likely N-dealkylation sites (tertiary alicyclic amines) is 1. The number of nitrogens with zero attached hydrogens (tertiary/aromatic N) is 2. The van der Waals surface area contributed by atoms with Crippen LogP contribution in [0.3, 0.4) is 0 Å². The van der Waals surface area contributed by atoms with Crippen molar-refractivity contribution in [3.8, 4) is 0 Å². The summed E-state index contributed by atoms with van der Waals surface area (Å²) in [5, 5.41) is 3.37. The fraction of sp³-hybridized carbons (Fsp3) is 0.533. The summed E-state index contributed by atoms with van der Waals surface area (Å²) in [7, 11) is 0. The van der Waals surface area contributed by atoms with E-state index in [0.717, 1.165) is 31.9 Å². The minimum absolute atomic E-state index is 0.956. The van der Waals surface area contributed by atoms with Crippen LogP contribution in [0.2, 0.25) is 0 Å². The molecule has 0 bridgehead atoms. The predicted molar refractivity (Wildman–Crippen MR) is 75.0 cm³/mol. The maximum atomic E-state index is 4.53. The van der Waals surface area contributed by atoms with E-state index < -0.39 is 0 Å². The Morgan fingerprint density at radius 3 is 2.50 bits per heavy atom. The van der Waals surface area contributed by atoms with Crippen molar-refractivity contribution in [2.75, 3.05) is 26.2 Å². The number of rotatable bonds is 3. The lowest BCUT2D eigenvalue weighted by molar-refractivity contribution is 0.331. The van der Waals surface area contributed by atoms with E-state index in [1.165, 1.54) is 37.1 Å². The molecular formula is C15H21N3. The van der Waals surface area contributed by atoms with Crippen LogP contribution in [0.5, 0.6) is 0 Å². The Labute approximate surface area is 109 Å². The van der Waals surface area contributed by atoms with Crippen LogP contribution in [0.4, 0.5) is 0 Å². The Kier molecular flexibility index (Phi) is 3.60. The topological polar surface area (TPSA) is 27.6 Å². The molecule has 1 fully saturated rings. The molecule has 2 aliphatic rings. The molecule has 0 radical (unpaired) electrons. The van der Waals surface area contributed by atoms with Crippen molar-refractivity contribution in [3.05, 3.63) is 35.4 Å². The molecule has 2 aliphatic heterocycles. The molecule has 18 heavy (non-hydrogen) atoms. The van der Waals surface area contributed by atoms with Crippen LogP contribution in [-0.2, 0) is 6.54 Å². The van der Waals surface area contributed by atoms with Gasteiger partial charge in [0.15, 0.2) is 0 Å². The summed E-state index contributed by atoms with van der Waals surface area (Å²) in [6.07, 6.45) is 3.87. The standard InChI is InChI=1S/C15H21N3/c1-2-11-18(10-1)12-13-4-6-14(7-5-13)15-16-8-3-9-17-15/h4-7H,1-3,8-12H2,(H,16,17). The maximum Gasteiger partial charge on any atom is 0.128 e. The highest BCUT2D eigenvalue weighted by Gasteiger charge is 2.12. The molecule has 0 atom stereocenters. The van der Waals surface area contributed by atoms with Gasteiger partial charge in [0, 0.05) is 25.2 Å². The van der Waals surface area contributed by atoms with Crippen LogP contribution in [0.15, 0.2) is 29.3 Å². The first-order valence-corrected chi connectivity index (χ1v) is 7.02. The average molecular weight is 243 g/mol. The summed E-state index contributed by atoms with van der Waals surface area (Å²) in [6, 6.07) is 8.88. The third-order valence-electron chi connectivity index (χ3n) is 3.73. The fourth-order valence-electron chi connectivity index (χ4n) is 2.69. The van der Waals surface area contributed by atoms with E-state index >= 15 is 0 Å². The van der Waals surface area contributed by atoms with Crippen LogP contribution in [0, 0.1) is 0 Å². The van der Waals surface area contributed by atoms with Crippen molar-refractivity contribution in [1.82, 2.24) is 10.2 Å². The molecule has 0 aliphatic carbocycles. The smallest absolute Gasteiger partial charge is 0.128 e. The number of hydrogen-bond donors (Lipinski definition) is 1. The van der Waals surface area contributed by atoms with Gasteiger partial charge in [-0.05, 0) is 37.9 Å². The monoisotopic (exact) mass is 243 g/mol. The van der Waals surface area contributed by atoms with E-state index in [1.54, 1.807) is 0 Å². The summed E-state index contributed by atoms with van der Waals surface area (Å²) in [5.41, 5.74) is 2.64. The first-order valence-electron chi connectivity index (χ1n) is 7.02. The second-order valence-corrected chi connectivity index (χ2v) is 5.19. The van der Waals surface area contributed by atoms with E-state index in [1.807, 2.05) is 0 Å². The summed E-state index contributed by atoms with van der Waals surface area (Å²) in [4.78, 5) is 7.06. The predicted octanol–water partition coefficient (Wildman–Crippen LogP) is 2.02. The molecule has 1 N–H and O–H groups in total. The zero-order chi connectivity index (χ0) is 12.2. The van der Waals surface area contributed by atoms with Gasteiger partial charge in [-0.1, -0.05) is 24.3 Å². The molecule has 0 aromatic heterocycles. The quantitative estimate of drug-likeness (QED) is 0.879. The molecule has 1 aromatic rings. The zero-order valence-corrected chi connectivity index (χ0v) is 10.9. The molecule has 3 heteroatoms. The minimum Gasteiger partial charge on any atom is -0.370 e. The van der Waals surface area contributed by atoms with Gasteiger partial charge in [-0.2, -0.15) is 0 Å². The van der Waals surface area contributed by atoms with Gasteiger partial charge in [-0.25, -0.2) is 0 Å². The SMILES string of the molecule is c1cc(C2=NCCCN2)ccc1CN1CCCC1. The Morgan fingerprint density at radius 1 is 1.06 bits per heavy atom. The lowest BCUT2D eigenvalue weighted by atomic mass is 10.1. The second kappa shape index (κ2) is 5.53. The van der Waals surface area contributed by atoms with Gasteiger partial charge >= 0.3 is 0 Å². The lowest BCUT2D eigenvalue weighted by Crippen LogP contribution is -2.30. The van der Waals surface area contributed by atoms with Gasteiger partial charge in [0.2, 0.25) is 0 Å². The van der Waals surface area contributed by atoms with Crippen molar-refractivity contribution in [2.45, 2.75) is 25.8 Å². The first kappa shape index (κ1) is 11.7. The summed E-state index contributed by atoms with van der Waals surface area (Å²) >= 11 is 0. The molecule has 3 rings (SSSR count).